The Kier molecular flexibility index (Phi) is 26.0. The van der Waals surface area contributed by atoms with Crippen molar-refractivity contribution in [2.24, 2.45) is 0 Å². The number of pyridine rings is 2. The minimum Gasteiger partial charge on any atom is -0.454 e. The summed E-state index contributed by atoms with van der Waals surface area (Å²) in [5.74, 6) is -0.189. The molecule has 0 aliphatic carbocycles. The van der Waals surface area contributed by atoms with Gasteiger partial charge in [0, 0.05) is 118 Å². The highest BCUT2D eigenvalue weighted by Gasteiger charge is 2.31. The van der Waals surface area contributed by atoms with Crippen molar-refractivity contribution in [1.82, 2.24) is 79.0 Å². The minimum absolute atomic E-state index is 0.189. The Morgan fingerprint density at radius 3 is 1.03 bits per heavy atom. The Hall–Kier alpha value is -12.3. The second-order valence-electron chi connectivity index (χ2n) is 21.6. The largest absolute Gasteiger partial charge is 0.454 e. The fourth-order valence-electron chi connectivity index (χ4n) is 8.70. The molecule has 0 saturated heterocycles. The average molecular weight is 1500 g/mol. The van der Waals surface area contributed by atoms with Gasteiger partial charge in [-0.2, -0.15) is 68.7 Å². The fraction of sp³-hybridized carbons (Fsp3) is 0.176. The average Bonchev–Trinajstić information content (AvgIpc) is 0.843. The monoisotopic (exact) mass is 1500 g/mol. The zero-order chi connectivity index (χ0) is 75.3. The van der Waals surface area contributed by atoms with E-state index < -0.39 is 57.0 Å². The van der Waals surface area contributed by atoms with E-state index in [-0.39, 0.29) is 53.8 Å². The van der Waals surface area contributed by atoms with Gasteiger partial charge < -0.3 is 18.9 Å². The highest BCUT2D eigenvalue weighted by atomic mass is 35.5. The van der Waals surface area contributed by atoms with Gasteiger partial charge in [-0.05, 0) is 89.8 Å². The summed E-state index contributed by atoms with van der Waals surface area (Å²) >= 11 is 11.9. The molecule has 3 aromatic carbocycles. The Morgan fingerprint density at radius 1 is 0.362 bits per heavy atom. The van der Waals surface area contributed by atoms with Crippen molar-refractivity contribution >= 4 is 23.2 Å². The van der Waals surface area contributed by atoms with E-state index in [0.717, 1.165) is 27.9 Å². The van der Waals surface area contributed by atoms with Crippen LogP contribution in [0, 0.1) is 6.92 Å². The van der Waals surface area contributed by atoms with E-state index in [4.69, 9.17) is 23.2 Å². The summed E-state index contributed by atoms with van der Waals surface area (Å²) in [6, 6.07) is 40.3. The van der Waals surface area contributed by atoms with Crippen molar-refractivity contribution in [2.75, 3.05) is 19.8 Å². The lowest BCUT2D eigenvalue weighted by molar-refractivity contribution is -0.155. The van der Waals surface area contributed by atoms with Crippen LogP contribution in [0.2, 0.25) is 10.0 Å². The third-order valence-electron chi connectivity index (χ3n) is 13.5. The third kappa shape index (κ3) is 25.0. The highest BCUT2D eigenvalue weighted by Crippen LogP contribution is 2.24. The van der Waals surface area contributed by atoms with E-state index in [2.05, 4.69) is 79.2 Å². The van der Waals surface area contributed by atoms with Crippen molar-refractivity contribution in [1.29, 1.82) is 0 Å². The van der Waals surface area contributed by atoms with E-state index in [1.165, 1.54) is 111 Å². The maximum Gasteiger partial charge on any atom is 0.422 e. The van der Waals surface area contributed by atoms with Gasteiger partial charge in [0.15, 0.2) is 19.8 Å². The molecule has 0 spiro atoms. The number of aryl methyl sites for hydroxylation is 1. The zero-order valence-electron chi connectivity index (χ0n) is 53.9. The van der Waals surface area contributed by atoms with Gasteiger partial charge in [-0.25, -0.2) is 53.6 Å². The summed E-state index contributed by atoms with van der Waals surface area (Å²) in [6.07, 6.45) is -2.70. The second kappa shape index (κ2) is 35.6. The first kappa shape index (κ1) is 76.9. The van der Waals surface area contributed by atoms with Crippen molar-refractivity contribution in [3.63, 3.8) is 0 Å². The molecule has 24 nitrogen and oxygen atoms in total. The SMILES string of the molecule is Cc1ccc(Cn2nc(-c3cnc(OCC(F)(F)F)nc3)ccc2=O)cn1.O=c1ccc(-c2ccc(OC(F)F)nc2)nn1Cc1cccc(Cl)c1.O=c1ccc(-c2cnc(OCC(F)(F)F)nc2)nn1Cc1cccc(Cl)c1.O=c1ccc(-c2cnc(OCC(F)(F)F)nc2)nn1Cc1ccccc1. The molecule has 0 bridgehead atoms. The van der Waals surface area contributed by atoms with E-state index in [9.17, 15) is 67.5 Å². The molecule has 0 aliphatic heterocycles. The summed E-state index contributed by atoms with van der Waals surface area (Å²) in [5, 5.41) is 18.2. The maximum absolute atomic E-state index is 12.2. The van der Waals surface area contributed by atoms with Crippen molar-refractivity contribution < 1.29 is 67.2 Å². The Balaban J connectivity index is 0.000000162. The first-order valence-corrected chi connectivity index (χ1v) is 31.0. The number of halogens is 13. The Bertz CT molecular complexity index is 5090. The molecule has 12 rings (SSSR count). The van der Waals surface area contributed by atoms with Gasteiger partial charge in [-0.15, -0.1) is 0 Å². The minimum atomic E-state index is -4.47. The number of hydrogen-bond acceptors (Lipinski definition) is 20. The lowest BCUT2D eigenvalue weighted by Gasteiger charge is -2.09. The molecule has 0 saturated carbocycles. The molecular formula is C68H51Cl2F11N16O8. The second-order valence-corrected chi connectivity index (χ2v) is 22.5. The predicted octanol–water partition coefficient (Wildman–Crippen LogP) is 12.0. The molecule has 0 amide bonds. The van der Waals surface area contributed by atoms with Gasteiger partial charge in [0.1, 0.15) is 0 Å². The van der Waals surface area contributed by atoms with Crippen molar-refractivity contribution in [3.05, 3.63) is 281 Å². The lowest BCUT2D eigenvalue weighted by Crippen LogP contribution is -2.23. The molecular weight excluding hydrogens is 1450 g/mol. The first-order valence-electron chi connectivity index (χ1n) is 30.3. The molecule has 105 heavy (non-hydrogen) atoms. The third-order valence-corrected chi connectivity index (χ3v) is 14.0. The van der Waals surface area contributed by atoms with E-state index in [1.807, 2.05) is 61.5 Å². The standard InChI is InChI=1S/C17H12ClF3N4O2.C17H12ClF2N3O2.C17H14F3N5O2.C17H13F3N4O2/c18-13-3-1-2-11(6-13)9-25-15(26)5-4-14(24-25)12-7-22-16(23-8-12)27-10-17(19,20)21;18-13-3-1-2-11(8-13)10-23-16(24)7-5-14(22-23)12-4-6-15(21-9-12)25-17(19)20;1-11-2-3-12(6-21-11)9-25-15(26)5-4-14(24-25)13-7-22-16(23-8-13)27-10-17(18,19)20;18-17(19,20)11-26-16-21-8-13(9-22-16)14-6-7-15(25)24(23-14)10-12-4-2-1-3-5-12/h1-8H,9-10H2;1-9,17H,10H2;2-8H,9-10H2,1H3;1-9H,10-11H2. The van der Waals surface area contributed by atoms with Crippen LogP contribution in [0.3, 0.4) is 0 Å². The smallest absolute Gasteiger partial charge is 0.422 e. The number of benzene rings is 3. The van der Waals surface area contributed by atoms with Gasteiger partial charge in [-0.3, -0.25) is 24.2 Å². The van der Waals surface area contributed by atoms with Crippen molar-refractivity contribution in [2.45, 2.75) is 58.2 Å². The van der Waals surface area contributed by atoms with E-state index in [1.54, 1.807) is 54.7 Å². The van der Waals surface area contributed by atoms with Gasteiger partial charge in [0.05, 0.1) is 49.0 Å². The summed E-state index contributed by atoms with van der Waals surface area (Å²) < 4.78 is 156. The van der Waals surface area contributed by atoms with Crippen LogP contribution in [-0.2, 0) is 26.2 Å². The lowest BCUT2D eigenvalue weighted by atomic mass is 10.2. The number of rotatable bonds is 20. The zero-order valence-corrected chi connectivity index (χ0v) is 55.4. The van der Waals surface area contributed by atoms with Crippen LogP contribution in [0.4, 0.5) is 48.3 Å². The molecule has 0 radical (unpaired) electrons. The first-order chi connectivity index (χ1) is 50.0. The number of alkyl halides is 11. The highest BCUT2D eigenvalue weighted by molar-refractivity contribution is 6.30. The summed E-state index contributed by atoms with van der Waals surface area (Å²) in [6.45, 7) is -4.50. The quantitative estimate of drug-likeness (QED) is 0.0641. The van der Waals surface area contributed by atoms with Gasteiger partial charge >= 0.3 is 43.2 Å². The molecule has 37 heteroatoms. The molecule has 0 atom stereocenters. The van der Waals surface area contributed by atoms with Crippen LogP contribution >= 0.6 is 23.2 Å². The fourth-order valence-corrected chi connectivity index (χ4v) is 9.13. The van der Waals surface area contributed by atoms with Gasteiger partial charge in [-0.1, -0.05) is 83.9 Å². The predicted molar refractivity (Wildman–Crippen MR) is 356 cm³/mol. The molecule has 12 aromatic rings. The summed E-state index contributed by atoms with van der Waals surface area (Å²) in [4.78, 5) is 78.4. The van der Waals surface area contributed by atoms with Crippen LogP contribution < -0.4 is 41.2 Å². The molecule has 9 aromatic heterocycles. The molecule has 9 heterocycles. The van der Waals surface area contributed by atoms with Crippen molar-refractivity contribution in [3.8, 4) is 68.9 Å². The Labute approximate surface area is 594 Å². The van der Waals surface area contributed by atoms with Crippen LogP contribution in [0.1, 0.15) is 27.9 Å². The van der Waals surface area contributed by atoms with Crippen LogP contribution in [-0.4, -0.2) is 124 Å². The number of nitrogens with zero attached hydrogens (tertiary/aromatic N) is 16. The van der Waals surface area contributed by atoms with Crippen LogP contribution in [0.25, 0.3) is 45.0 Å². The van der Waals surface area contributed by atoms with Gasteiger partial charge in [0.2, 0.25) is 5.88 Å². The van der Waals surface area contributed by atoms with E-state index >= 15 is 0 Å². The molecule has 0 unspecified atom stereocenters. The molecule has 0 aliphatic rings. The molecule has 0 N–H and O–H groups in total. The van der Waals surface area contributed by atoms with Gasteiger partial charge in [0.25, 0.3) is 22.2 Å². The number of hydrogen-bond donors (Lipinski definition) is 0. The normalized spacial score (nSPS) is 11.3. The molecule has 0 fully saturated rings. The summed E-state index contributed by atoms with van der Waals surface area (Å²) in [7, 11) is 0. The van der Waals surface area contributed by atoms with E-state index in [0.29, 0.717) is 61.6 Å². The summed E-state index contributed by atoms with van der Waals surface area (Å²) in [5.41, 5.74) is 6.61. The Morgan fingerprint density at radius 2 is 0.705 bits per heavy atom. The maximum atomic E-state index is 12.2. The topological polar surface area (TPSA) is 280 Å². The number of ether oxygens (including phenoxy) is 4. The molecule has 542 valence electrons. The number of aromatic nitrogens is 16. The van der Waals surface area contributed by atoms with Crippen LogP contribution in [0.15, 0.2) is 220 Å². The van der Waals surface area contributed by atoms with Crippen LogP contribution in [0.5, 0.6) is 23.9 Å².